The molecule has 4 nitrogen and oxygen atoms in total. The molecule has 2 atom stereocenters. The normalized spacial score (nSPS) is 20.9. The van der Waals surface area contributed by atoms with Crippen LogP contribution in [0.15, 0.2) is 0 Å². The highest BCUT2D eigenvalue weighted by Crippen LogP contribution is 2.12. The summed E-state index contributed by atoms with van der Waals surface area (Å²) >= 11 is 0. The van der Waals surface area contributed by atoms with E-state index in [4.69, 9.17) is 4.74 Å². The lowest BCUT2D eigenvalue weighted by atomic mass is 10.2. The lowest BCUT2D eigenvalue weighted by Gasteiger charge is -2.30. The SMILES string of the molecule is CCCCOC(C)C(=O)N(CCC)C1CCNC1. The average Bonchev–Trinajstić information content (AvgIpc) is 2.89. The summed E-state index contributed by atoms with van der Waals surface area (Å²) in [5.74, 6) is 0.154. The molecule has 1 aliphatic rings. The topological polar surface area (TPSA) is 41.6 Å². The Morgan fingerprint density at radius 2 is 2.22 bits per heavy atom. The molecule has 1 heterocycles. The first-order chi connectivity index (χ1) is 8.70. The Morgan fingerprint density at radius 1 is 1.44 bits per heavy atom. The van der Waals surface area contributed by atoms with Crippen LogP contribution < -0.4 is 5.32 Å². The van der Waals surface area contributed by atoms with Gasteiger partial charge >= 0.3 is 0 Å². The van der Waals surface area contributed by atoms with Crippen LogP contribution in [0.25, 0.3) is 0 Å². The molecule has 1 amide bonds. The zero-order chi connectivity index (χ0) is 13.4. The minimum atomic E-state index is -0.302. The van der Waals surface area contributed by atoms with Crippen molar-refractivity contribution in [3.63, 3.8) is 0 Å². The standard InChI is InChI=1S/C14H28N2O2/c1-4-6-10-18-12(3)14(17)16(9-5-2)13-7-8-15-11-13/h12-13,15H,4-11H2,1-3H3. The second kappa shape index (κ2) is 8.48. The molecule has 1 fully saturated rings. The highest BCUT2D eigenvalue weighted by Gasteiger charge is 2.28. The van der Waals surface area contributed by atoms with E-state index in [9.17, 15) is 4.79 Å². The number of hydrogen-bond acceptors (Lipinski definition) is 3. The fourth-order valence-corrected chi connectivity index (χ4v) is 2.33. The number of rotatable bonds is 8. The highest BCUT2D eigenvalue weighted by molar-refractivity contribution is 5.81. The van der Waals surface area contributed by atoms with Gasteiger partial charge in [-0.25, -0.2) is 0 Å². The number of carbonyl (C=O) groups is 1. The maximum atomic E-state index is 12.4. The maximum Gasteiger partial charge on any atom is 0.251 e. The van der Waals surface area contributed by atoms with Crippen molar-refractivity contribution in [1.82, 2.24) is 10.2 Å². The van der Waals surface area contributed by atoms with Gasteiger partial charge < -0.3 is 15.0 Å². The zero-order valence-corrected chi connectivity index (χ0v) is 12.1. The van der Waals surface area contributed by atoms with E-state index in [0.717, 1.165) is 45.3 Å². The van der Waals surface area contributed by atoms with Crippen LogP contribution in [0.1, 0.15) is 46.5 Å². The van der Waals surface area contributed by atoms with Crippen molar-refractivity contribution in [1.29, 1.82) is 0 Å². The molecule has 0 aliphatic carbocycles. The molecule has 1 N–H and O–H groups in total. The molecule has 0 aromatic rings. The second-order valence-electron chi connectivity index (χ2n) is 5.04. The molecule has 1 rings (SSSR count). The van der Waals surface area contributed by atoms with Crippen LogP contribution in [0.3, 0.4) is 0 Å². The van der Waals surface area contributed by atoms with Crippen molar-refractivity contribution in [2.45, 2.75) is 58.6 Å². The van der Waals surface area contributed by atoms with Gasteiger partial charge in [0.1, 0.15) is 6.10 Å². The van der Waals surface area contributed by atoms with E-state index in [1.54, 1.807) is 0 Å². The lowest BCUT2D eigenvalue weighted by Crippen LogP contribution is -2.46. The third-order valence-electron chi connectivity index (χ3n) is 3.44. The lowest BCUT2D eigenvalue weighted by molar-refractivity contribution is -0.144. The van der Waals surface area contributed by atoms with E-state index < -0.39 is 0 Å². The molecule has 0 aromatic carbocycles. The van der Waals surface area contributed by atoms with E-state index in [1.807, 2.05) is 11.8 Å². The number of unbranched alkanes of at least 4 members (excludes halogenated alkanes) is 1. The maximum absolute atomic E-state index is 12.4. The first-order valence-corrected chi connectivity index (χ1v) is 7.33. The molecule has 1 saturated heterocycles. The van der Waals surface area contributed by atoms with Crippen molar-refractivity contribution in [2.75, 3.05) is 26.2 Å². The Bertz CT molecular complexity index is 240. The Balaban J connectivity index is 2.46. The molecule has 2 unspecified atom stereocenters. The summed E-state index contributed by atoms with van der Waals surface area (Å²) in [6, 6.07) is 0.356. The van der Waals surface area contributed by atoms with Crippen LogP contribution in [-0.2, 0) is 9.53 Å². The van der Waals surface area contributed by atoms with Gasteiger partial charge in [-0.15, -0.1) is 0 Å². The van der Waals surface area contributed by atoms with Crippen molar-refractivity contribution in [3.05, 3.63) is 0 Å². The third kappa shape index (κ3) is 4.58. The quantitative estimate of drug-likeness (QED) is 0.673. The third-order valence-corrected chi connectivity index (χ3v) is 3.44. The number of nitrogens with one attached hydrogen (secondary N) is 1. The van der Waals surface area contributed by atoms with E-state index in [2.05, 4.69) is 19.2 Å². The molecule has 106 valence electrons. The molecular formula is C14H28N2O2. The molecule has 4 heteroatoms. The zero-order valence-electron chi connectivity index (χ0n) is 12.1. The molecule has 0 saturated carbocycles. The van der Waals surface area contributed by atoms with Crippen LogP contribution in [0.5, 0.6) is 0 Å². The minimum Gasteiger partial charge on any atom is -0.369 e. The Hall–Kier alpha value is -0.610. The number of hydrogen-bond donors (Lipinski definition) is 1. The van der Waals surface area contributed by atoms with E-state index in [0.29, 0.717) is 12.6 Å². The van der Waals surface area contributed by atoms with Gasteiger partial charge in [-0.1, -0.05) is 20.3 Å². The van der Waals surface area contributed by atoms with Gasteiger partial charge in [0, 0.05) is 25.7 Å². The van der Waals surface area contributed by atoms with Gasteiger partial charge in [-0.3, -0.25) is 4.79 Å². The average molecular weight is 256 g/mol. The van der Waals surface area contributed by atoms with Gasteiger partial charge in [-0.2, -0.15) is 0 Å². The second-order valence-corrected chi connectivity index (χ2v) is 5.04. The summed E-state index contributed by atoms with van der Waals surface area (Å²) in [6.07, 6.45) is 3.89. The fourth-order valence-electron chi connectivity index (χ4n) is 2.33. The Labute approximate surface area is 111 Å². The summed E-state index contributed by atoms with van der Waals surface area (Å²) in [7, 11) is 0. The van der Waals surface area contributed by atoms with Gasteiger partial charge in [0.15, 0.2) is 0 Å². The van der Waals surface area contributed by atoms with Crippen LogP contribution in [0, 0.1) is 0 Å². The predicted molar refractivity (Wildman–Crippen MR) is 73.6 cm³/mol. The molecule has 18 heavy (non-hydrogen) atoms. The monoisotopic (exact) mass is 256 g/mol. The Morgan fingerprint density at radius 3 is 2.78 bits per heavy atom. The van der Waals surface area contributed by atoms with Crippen molar-refractivity contribution >= 4 is 5.91 Å². The minimum absolute atomic E-state index is 0.154. The van der Waals surface area contributed by atoms with Crippen LogP contribution in [0.2, 0.25) is 0 Å². The summed E-state index contributed by atoms with van der Waals surface area (Å²) < 4.78 is 5.62. The number of nitrogens with zero attached hydrogens (tertiary/aromatic N) is 1. The first-order valence-electron chi connectivity index (χ1n) is 7.33. The summed E-state index contributed by atoms with van der Waals surface area (Å²) in [4.78, 5) is 14.4. The molecular weight excluding hydrogens is 228 g/mol. The molecule has 0 aromatic heterocycles. The van der Waals surface area contributed by atoms with E-state index >= 15 is 0 Å². The summed E-state index contributed by atoms with van der Waals surface area (Å²) in [6.45, 7) is 9.59. The molecule has 0 radical (unpaired) electrons. The van der Waals surface area contributed by atoms with Crippen LogP contribution in [0.4, 0.5) is 0 Å². The Kier molecular flexibility index (Phi) is 7.28. The first kappa shape index (κ1) is 15.4. The van der Waals surface area contributed by atoms with Gasteiger partial charge in [-0.05, 0) is 32.7 Å². The molecule has 1 aliphatic heterocycles. The highest BCUT2D eigenvalue weighted by atomic mass is 16.5. The predicted octanol–water partition coefficient (Wildman–Crippen LogP) is 1.79. The van der Waals surface area contributed by atoms with Gasteiger partial charge in [0.2, 0.25) is 0 Å². The van der Waals surface area contributed by atoms with Crippen LogP contribution in [-0.4, -0.2) is 49.2 Å². The molecule has 0 bridgehead atoms. The number of amides is 1. The van der Waals surface area contributed by atoms with Crippen molar-refractivity contribution in [2.24, 2.45) is 0 Å². The van der Waals surface area contributed by atoms with Crippen molar-refractivity contribution in [3.8, 4) is 0 Å². The van der Waals surface area contributed by atoms with E-state index in [-0.39, 0.29) is 12.0 Å². The molecule has 0 spiro atoms. The number of ether oxygens (including phenoxy) is 1. The summed E-state index contributed by atoms with van der Waals surface area (Å²) in [5, 5.41) is 3.32. The van der Waals surface area contributed by atoms with Gasteiger partial charge in [0.05, 0.1) is 0 Å². The van der Waals surface area contributed by atoms with Gasteiger partial charge in [0.25, 0.3) is 5.91 Å². The number of carbonyl (C=O) groups excluding carboxylic acids is 1. The van der Waals surface area contributed by atoms with Crippen LogP contribution >= 0.6 is 0 Å². The fraction of sp³-hybridized carbons (Fsp3) is 0.929. The largest absolute Gasteiger partial charge is 0.369 e. The van der Waals surface area contributed by atoms with Crippen molar-refractivity contribution < 1.29 is 9.53 Å². The van der Waals surface area contributed by atoms with E-state index in [1.165, 1.54) is 0 Å². The summed E-state index contributed by atoms with van der Waals surface area (Å²) in [5.41, 5.74) is 0. The smallest absolute Gasteiger partial charge is 0.251 e.